The molecular formula is C27H22F3NO6S. The van der Waals surface area contributed by atoms with Crippen molar-refractivity contribution in [2.45, 2.75) is 19.9 Å². The minimum absolute atomic E-state index is 0.131. The fourth-order valence-corrected chi connectivity index (χ4v) is 4.28. The molecule has 3 aromatic carbocycles. The van der Waals surface area contributed by atoms with Crippen molar-refractivity contribution >= 4 is 17.3 Å². The second-order valence-electron chi connectivity index (χ2n) is 8.02. The molecule has 1 N–H and O–H groups in total. The normalized spacial score (nSPS) is 11.2. The largest absolute Gasteiger partial charge is 0.573 e. The zero-order chi connectivity index (χ0) is 27.3. The number of aryl methyl sites for hydroxylation is 1. The van der Waals surface area contributed by atoms with E-state index in [1.54, 1.807) is 37.6 Å². The summed E-state index contributed by atoms with van der Waals surface area (Å²) in [6.45, 7) is 1.43. The lowest BCUT2D eigenvalue weighted by Crippen LogP contribution is -2.16. The summed E-state index contributed by atoms with van der Waals surface area (Å²) in [6.07, 6.45) is -4.75. The molecule has 0 bridgehead atoms. The molecular weight excluding hydrogens is 523 g/mol. The Hall–Kier alpha value is -4.25. The maximum absolute atomic E-state index is 12.4. The van der Waals surface area contributed by atoms with Crippen LogP contribution in [0.2, 0.25) is 0 Å². The monoisotopic (exact) mass is 545 g/mol. The van der Waals surface area contributed by atoms with Crippen molar-refractivity contribution < 1.29 is 42.0 Å². The van der Waals surface area contributed by atoms with Crippen LogP contribution in [0.5, 0.6) is 23.0 Å². The molecule has 0 saturated carbocycles. The van der Waals surface area contributed by atoms with Crippen LogP contribution >= 0.6 is 11.3 Å². The molecule has 38 heavy (non-hydrogen) atoms. The lowest BCUT2D eigenvalue weighted by molar-refractivity contribution is -0.274. The first-order valence-electron chi connectivity index (χ1n) is 11.2. The van der Waals surface area contributed by atoms with Crippen molar-refractivity contribution in [3.05, 3.63) is 76.6 Å². The Bertz CT molecular complexity index is 1420. The maximum atomic E-state index is 12.4. The van der Waals surface area contributed by atoms with Gasteiger partial charge in [-0.25, -0.2) is 9.78 Å². The van der Waals surface area contributed by atoms with E-state index in [1.807, 2.05) is 18.2 Å². The van der Waals surface area contributed by atoms with Crippen molar-refractivity contribution in [3.8, 4) is 45.4 Å². The molecule has 0 saturated heterocycles. The first-order valence-corrected chi connectivity index (χ1v) is 12.1. The third-order valence-corrected chi connectivity index (χ3v) is 6.12. The molecule has 1 heterocycles. The summed E-state index contributed by atoms with van der Waals surface area (Å²) in [4.78, 5) is 15.5. The van der Waals surface area contributed by atoms with E-state index in [2.05, 4.69) is 9.72 Å². The Morgan fingerprint density at radius 1 is 0.974 bits per heavy atom. The summed E-state index contributed by atoms with van der Waals surface area (Å²) >= 11 is 1.35. The van der Waals surface area contributed by atoms with Crippen LogP contribution in [0.15, 0.2) is 66.0 Å². The molecule has 0 spiro atoms. The molecule has 0 fully saturated rings. The quantitative estimate of drug-likeness (QED) is 0.236. The number of hydrogen-bond donors (Lipinski definition) is 1. The molecule has 1 aromatic heterocycles. The van der Waals surface area contributed by atoms with Gasteiger partial charge in [0, 0.05) is 16.5 Å². The van der Waals surface area contributed by atoms with E-state index >= 15 is 0 Å². The highest BCUT2D eigenvalue weighted by Crippen LogP contribution is 2.38. The van der Waals surface area contributed by atoms with Gasteiger partial charge in [0.05, 0.1) is 12.8 Å². The number of benzene rings is 3. The summed E-state index contributed by atoms with van der Waals surface area (Å²) in [6, 6.07) is 16.3. The summed E-state index contributed by atoms with van der Waals surface area (Å²) in [5.74, 6) is 0.181. The summed E-state index contributed by atoms with van der Waals surface area (Å²) in [5, 5.41) is 11.4. The van der Waals surface area contributed by atoms with E-state index in [9.17, 15) is 18.0 Å². The van der Waals surface area contributed by atoms with E-state index < -0.39 is 18.9 Å². The summed E-state index contributed by atoms with van der Waals surface area (Å²) in [5.41, 5.74) is 3.37. The van der Waals surface area contributed by atoms with Crippen molar-refractivity contribution in [2.24, 2.45) is 0 Å². The first-order chi connectivity index (χ1) is 18.1. The number of aliphatic carboxylic acids is 1. The molecule has 0 aliphatic rings. The first kappa shape index (κ1) is 26.8. The molecule has 0 aliphatic carbocycles. The van der Waals surface area contributed by atoms with Gasteiger partial charge < -0.3 is 24.1 Å². The topological polar surface area (TPSA) is 87.1 Å². The molecule has 0 amide bonds. The molecule has 0 unspecified atom stereocenters. The van der Waals surface area contributed by atoms with Crippen molar-refractivity contribution in [1.82, 2.24) is 4.98 Å². The Balaban J connectivity index is 1.55. The van der Waals surface area contributed by atoms with Gasteiger partial charge in [0.15, 0.2) is 6.61 Å². The predicted molar refractivity (Wildman–Crippen MR) is 135 cm³/mol. The number of carboxylic acid groups (broad SMARTS) is 1. The molecule has 0 atom stereocenters. The number of carboxylic acids is 1. The third-order valence-electron chi connectivity index (χ3n) is 5.30. The van der Waals surface area contributed by atoms with Crippen LogP contribution < -0.4 is 18.9 Å². The van der Waals surface area contributed by atoms with Gasteiger partial charge >= 0.3 is 12.3 Å². The number of halogens is 3. The number of ether oxygens (including phenoxy) is 4. The van der Waals surface area contributed by atoms with Crippen LogP contribution in [-0.4, -0.2) is 36.1 Å². The number of hydrogen-bond acceptors (Lipinski definition) is 7. The Kier molecular flexibility index (Phi) is 8.06. The molecule has 0 aliphatic heterocycles. The number of thiazole rings is 1. The molecule has 11 heteroatoms. The van der Waals surface area contributed by atoms with Gasteiger partial charge in [-0.1, -0.05) is 12.1 Å². The highest BCUT2D eigenvalue weighted by Gasteiger charge is 2.31. The van der Waals surface area contributed by atoms with Crippen LogP contribution in [0.3, 0.4) is 0 Å². The standard InChI is InChI=1S/C27H22F3NO6S/c1-16-10-24(21(12-23(16)36-14-26(32)33)18-4-3-5-20(11-18)34-2)35-13-25-31-22(15-38-25)17-6-8-19(9-7-17)37-27(28,29)30/h3-12,15H,13-14H2,1-2H3,(H,32,33). The minimum Gasteiger partial charge on any atom is -0.497 e. The number of alkyl halides is 3. The lowest BCUT2D eigenvalue weighted by Gasteiger charge is -2.16. The van der Waals surface area contributed by atoms with E-state index in [1.165, 1.54) is 35.6 Å². The average Bonchev–Trinajstić information content (AvgIpc) is 3.35. The number of aromatic nitrogens is 1. The fraction of sp³-hybridized carbons (Fsp3) is 0.185. The Labute approximate surface area is 220 Å². The van der Waals surface area contributed by atoms with Gasteiger partial charge in [-0.05, 0) is 66.6 Å². The zero-order valence-corrected chi connectivity index (χ0v) is 21.1. The Morgan fingerprint density at radius 3 is 2.42 bits per heavy atom. The SMILES string of the molecule is COc1cccc(-c2cc(OCC(=O)O)c(C)cc2OCc2nc(-c3ccc(OC(F)(F)F)cc3)cs2)c1. The number of methoxy groups -OCH3 is 1. The van der Waals surface area contributed by atoms with Crippen LogP contribution in [0.4, 0.5) is 13.2 Å². The zero-order valence-electron chi connectivity index (χ0n) is 20.2. The van der Waals surface area contributed by atoms with Gasteiger partial charge in [0.1, 0.15) is 34.6 Å². The van der Waals surface area contributed by atoms with Gasteiger partial charge in [-0.3, -0.25) is 0 Å². The van der Waals surface area contributed by atoms with Crippen molar-refractivity contribution in [1.29, 1.82) is 0 Å². The fourth-order valence-electron chi connectivity index (χ4n) is 3.57. The maximum Gasteiger partial charge on any atom is 0.573 e. The van der Waals surface area contributed by atoms with E-state index in [4.69, 9.17) is 19.3 Å². The van der Waals surface area contributed by atoms with Gasteiger partial charge in [-0.15, -0.1) is 24.5 Å². The van der Waals surface area contributed by atoms with Gasteiger partial charge in [0.2, 0.25) is 0 Å². The van der Waals surface area contributed by atoms with Crippen LogP contribution in [0, 0.1) is 6.92 Å². The van der Waals surface area contributed by atoms with Crippen molar-refractivity contribution in [3.63, 3.8) is 0 Å². The van der Waals surface area contributed by atoms with Crippen LogP contribution in [0.1, 0.15) is 10.6 Å². The van der Waals surface area contributed by atoms with Gasteiger partial charge in [-0.2, -0.15) is 0 Å². The van der Waals surface area contributed by atoms with Crippen LogP contribution in [-0.2, 0) is 11.4 Å². The highest BCUT2D eigenvalue weighted by molar-refractivity contribution is 7.09. The Morgan fingerprint density at radius 2 is 1.74 bits per heavy atom. The van der Waals surface area contributed by atoms with Crippen LogP contribution in [0.25, 0.3) is 22.4 Å². The molecule has 4 rings (SSSR count). The number of rotatable bonds is 10. The van der Waals surface area contributed by atoms with Crippen molar-refractivity contribution in [2.75, 3.05) is 13.7 Å². The minimum atomic E-state index is -4.75. The highest BCUT2D eigenvalue weighted by atomic mass is 32.1. The molecule has 7 nitrogen and oxygen atoms in total. The summed E-state index contributed by atoms with van der Waals surface area (Å²) in [7, 11) is 1.56. The molecule has 4 aromatic rings. The predicted octanol–water partition coefficient (Wildman–Crippen LogP) is 6.74. The third kappa shape index (κ3) is 6.94. The molecule has 198 valence electrons. The average molecular weight is 546 g/mol. The van der Waals surface area contributed by atoms with E-state index in [0.717, 1.165) is 5.56 Å². The number of nitrogens with zero attached hydrogens (tertiary/aromatic N) is 1. The lowest BCUT2D eigenvalue weighted by atomic mass is 10.0. The number of carbonyl (C=O) groups is 1. The second-order valence-corrected chi connectivity index (χ2v) is 8.96. The molecule has 0 radical (unpaired) electrons. The smallest absolute Gasteiger partial charge is 0.497 e. The van der Waals surface area contributed by atoms with Gasteiger partial charge in [0.25, 0.3) is 0 Å². The summed E-state index contributed by atoms with van der Waals surface area (Å²) < 4.78 is 58.0. The second kappa shape index (κ2) is 11.4. The van der Waals surface area contributed by atoms with E-state index in [0.29, 0.717) is 44.6 Å². The van der Waals surface area contributed by atoms with E-state index in [-0.39, 0.29) is 12.4 Å².